The molecular weight excluding hydrogens is 402 g/mol. The highest BCUT2D eigenvalue weighted by atomic mass is 32.2. The third kappa shape index (κ3) is 4.16. The van der Waals surface area contributed by atoms with Gasteiger partial charge in [-0.15, -0.1) is 0 Å². The summed E-state index contributed by atoms with van der Waals surface area (Å²) >= 11 is 0. The van der Waals surface area contributed by atoms with Crippen LogP contribution in [0.1, 0.15) is 44.9 Å². The lowest BCUT2D eigenvalue weighted by Crippen LogP contribution is -2.40. The van der Waals surface area contributed by atoms with Gasteiger partial charge in [0.1, 0.15) is 5.75 Å². The van der Waals surface area contributed by atoms with Crippen LogP contribution in [0.5, 0.6) is 5.75 Å². The molecule has 2 aromatic rings. The zero-order valence-corrected chi connectivity index (χ0v) is 18.6. The Balaban J connectivity index is 1.41. The second-order valence-electron chi connectivity index (χ2n) is 9.23. The summed E-state index contributed by atoms with van der Waals surface area (Å²) in [7, 11) is -3.51. The van der Waals surface area contributed by atoms with Gasteiger partial charge in [-0.2, -0.15) is 4.31 Å². The van der Waals surface area contributed by atoms with Gasteiger partial charge in [-0.25, -0.2) is 13.4 Å². The fourth-order valence-corrected chi connectivity index (χ4v) is 5.58. The quantitative estimate of drug-likeness (QED) is 0.743. The van der Waals surface area contributed by atoms with E-state index in [-0.39, 0.29) is 16.9 Å². The largest absolute Gasteiger partial charge is 0.493 e. The van der Waals surface area contributed by atoms with E-state index in [1.165, 1.54) is 0 Å². The molecule has 0 spiro atoms. The maximum Gasteiger partial charge on any atom is 0.253 e. The highest BCUT2D eigenvalue weighted by Gasteiger charge is 2.30. The van der Waals surface area contributed by atoms with Gasteiger partial charge in [0.15, 0.2) is 0 Å². The molecule has 7 nitrogen and oxygen atoms in total. The fourth-order valence-electron chi connectivity index (χ4n) is 4.06. The first-order valence-electron chi connectivity index (χ1n) is 10.5. The monoisotopic (exact) mass is 431 g/mol. The Hall–Kier alpha value is -2.19. The van der Waals surface area contributed by atoms with E-state index in [0.717, 1.165) is 36.3 Å². The molecule has 0 radical (unpaired) electrons. The van der Waals surface area contributed by atoms with Gasteiger partial charge >= 0.3 is 0 Å². The maximum atomic E-state index is 13.1. The minimum absolute atomic E-state index is 0.0506. The molecule has 0 unspecified atom stereocenters. The topological polar surface area (TPSA) is 81.5 Å². The number of hydrogen-bond donors (Lipinski definition) is 0. The number of nitrogens with zero attached hydrogens (tertiary/aromatic N) is 3. The van der Waals surface area contributed by atoms with Crippen molar-refractivity contribution in [2.45, 2.75) is 56.9 Å². The molecule has 2 aliphatic rings. The predicted molar refractivity (Wildman–Crippen MR) is 114 cm³/mol. The van der Waals surface area contributed by atoms with Gasteiger partial charge in [0, 0.05) is 37.5 Å². The first-order valence-corrected chi connectivity index (χ1v) is 11.9. The molecule has 0 saturated carbocycles. The molecule has 0 atom stereocenters. The summed E-state index contributed by atoms with van der Waals surface area (Å²) < 4.78 is 34.8. The molecule has 2 aliphatic heterocycles. The van der Waals surface area contributed by atoms with Crippen LogP contribution in [0, 0.1) is 5.92 Å². The van der Waals surface area contributed by atoms with Crippen LogP contribution in [-0.4, -0.2) is 42.0 Å². The van der Waals surface area contributed by atoms with Crippen molar-refractivity contribution < 1.29 is 13.2 Å². The van der Waals surface area contributed by atoms with Crippen LogP contribution in [0.25, 0.3) is 0 Å². The van der Waals surface area contributed by atoms with Gasteiger partial charge in [-0.05, 0) is 42.5 Å². The van der Waals surface area contributed by atoms with Crippen LogP contribution in [0.4, 0.5) is 0 Å². The summed E-state index contributed by atoms with van der Waals surface area (Å²) in [5, 5.41) is 0. The molecule has 162 valence electrons. The number of hydrogen-bond acceptors (Lipinski definition) is 5. The first kappa shape index (κ1) is 21.1. The summed E-state index contributed by atoms with van der Waals surface area (Å²) in [6.07, 6.45) is 3.82. The van der Waals surface area contributed by atoms with E-state index in [1.54, 1.807) is 39.5 Å². The van der Waals surface area contributed by atoms with Crippen molar-refractivity contribution in [3.63, 3.8) is 0 Å². The zero-order valence-electron chi connectivity index (χ0n) is 17.8. The van der Waals surface area contributed by atoms with Crippen molar-refractivity contribution in [1.82, 2.24) is 13.9 Å². The lowest BCUT2D eigenvalue weighted by Gasteiger charge is -2.31. The van der Waals surface area contributed by atoms with Crippen LogP contribution in [0.2, 0.25) is 0 Å². The minimum atomic E-state index is -3.51. The molecule has 1 fully saturated rings. The number of aromatic nitrogens is 2. The van der Waals surface area contributed by atoms with Crippen molar-refractivity contribution in [1.29, 1.82) is 0 Å². The highest BCUT2D eigenvalue weighted by molar-refractivity contribution is 7.89. The summed E-state index contributed by atoms with van der Waals surface area (Å²) in [6, 6.07) is 6.74. The molecule has 8 heteroatoms. The molecule has 1 saturated heterocycles. The molecule has 30 heavy (non-hydrogen) atoms. The molecule has 1 aromatic carbocycles. The molecule has 1 aromatic heterocycles. The number of sulfonamides is 1. The van der Waals surface area contributed by atoms with Crippen molar-refractivity contribution in [2.24, 2.45) is 5.92 Å². The second kappa shape index (κ2) is 7.81. The summed E-state index contributed by atoms with van der Waals surface area (Å²) in [6.45, 7) is 8.19. The van der Waals surface area contributed by atoms with Crippen molar-refractivity contribution >= 4 is 10.0 Å². The average molecular weight is 432 g/mol. The van der Waals surface area contributed by atoms with E-state index in [2.05, 4.69) is 4.98 Å². The SMILES string of the molecule is CC(C)(C)c1cc(=O)n(CC2CCN(S(=O)(=O)c3ccc4c(c3)CCO4)CC2)cn1. The van der Waals surface area contributed by atoms with Gasteiger partial charge in [0.2, 0.25) is 10.0 Å². The summed E-state index contributed by atoms with van der Waals surface area (Å²) in [5.41, 5.74) is 1.52. The van der Waals surface area contributed by atoms with Gasteiger partial charge in [0.25, 0.3) is 5.56 Å². The zero-order chi connectivity index (χ0) is 21.5. The van der Waals surface area contributed by atoms with Crippen LogP contribution in [0.3, 0.4) is 0 Å². The average Bonchev–Trinajstić information content (AvgIpc) is 3.17. The Morgan fingerprint density at radius 2 is 1.90 bits per heavy atom. The number of rotatable bonds is 4. The number of fused-ring (bicyclic) bond motifs is 1. The van der Waals surface area contributed by atoms with Crippen LogP contribution >= 0.6 is 0 Å². The first-order chi connectivity index (χ1) is 14.1. The van der Waals surface area contributed by atoms with Crippen LogP contribution in [-0.2, 0) is 28.4 Å². The second-order valence-corrected chi connectivity index (χ2v) is 11.2. The minimum Gasteiger partial charge on any atom is -0.493 e. The third-order valence-corrected chi connectivity index (χ3v) is 7.87. The smallest absolute Gasteiger partial charge is 0.253 e. The number of ether oxygens (including phenoxy) is 1. The highest BCUT2D eigenvalue weighted by Crippen LogP contribution is 2.30. The van der Waals surface area contributed by atoms with Gasteiger partial charge in [-0.3, -0.25) is 9.36 Å². The molecular formula is C22H29N3O4S. The molecule has 0 aliphatic carbocycles. The Morgan fingerprint density at radius 3 is 2.57 bits per heavy atom. The van der Waals surface area contributed by atoms with Gasteiger partial charge in [0.05, 0.1) is 23.5 Å². The lowest BCUT2D eigenvalue weighted by atomic mass is 9.92. The molecule has 0 amide bonds. The maximum absolute atomic E-state index is 13.1. The van der Waals surface area contributed by atoms with E-state index in [0.29, 0.717) is 31.1 Å². The molecule has 0 N–H and O–H groups in total. The van der Waals surface area contributed by atoms with Gasteiger partial charge in [-0.1, -0.05) is 20.8 Å². The standard InChI is InChI=1S/C22H29N3O4S/c1-22(2,3)20-13-21(26)24(15-23-20)14-16-6-9-25(10-7-16)30(27,28)18-4-5-19-17(12-18)8-11-29-19/h4-5,12-13,15-16H,6-11,14H2,1-3H3. The Labute approximate surface area is 177 Å². The summed E-state index contributed by atoms with van der Waals surface area (Å²) in [4.78, 5) is 17.2. The number of benzene rings is 1. The van der Waals surface area contributed by atoms with Crippen molar-refractivity contribution in [3.05, 3.63) is 52.2 Å². The van der Waals surface area contributed by atoms with E-state index in [1.807, 2.05) is 20.8 Å². The fraction of sp³-hybridized carbons (Fsp3) is 0.545. The van der Waals surface area contributed by atoms with E-state index in [4.69, 9.17) is 4.74 Å². The van der Waals surface area contributed by atoms with Crippen LogP contribution < -0.4 is 10.3 Å². The Bertz CT molecular complexity index is 1090. The van der Waals surface area contributed by atoms with E-state index < -0.39 is 10.0 Å². The van der Waals surface area contributed by atoms with Crippen molar-refractivity contribution in [3.8, 4) is 5.75 Å². The lowest BCUT2D eigenvalue weighted by molar-refractivity contribution is 0.250. The third-order valence-electron chi connectivity index (χ3n) is 5.97. The van der Waals surface area contributed by atoms with Gasteiger partial charge < -0.3 is 4.74 Å². The summed E-state index contributed by atoms with van der Waals surface area (Å²) in [5.74, 6) is 1.04. The van der Waals surface area contributed by atoms with E-state index >= 15 is 0 Å². The van der Waals surface area contributed by atoms with Crippen molar-refractivity contribution in [2.75, 3.05) is 19.7 Å². The van der Waals surface area contributed by atoms with Crippen LogP contribution in [0.15, 0.2) is 40.3 Å². The Morgan fingerprint density at radius 1 is 1.17 bits per heavy atom. The normalized spacial score (nSPS) is 18.2. The van der Waals surface area contributed by atoms with E-state index in [9.17, 15) is 13.2 Å². The predicted octanol–water partition coefficient (Wildman–Crippen LogP) is 2.58. The molecule has 3 heterocycles. The number of piperidine rings is 1. The molecule has 4 rings (SSSR count). The Kier molecular flexibility index (Phi) is 5.48. The molecule has 0 bridgehead atoms.